The summed E-state index contributed by atoms with van der Waals surface area (Å²) in [7, 11) is 3.99. The Hall–Kier alpha value is -2.87. The van der Waals surface area contributed by atoms with E-state index in [1.165, 1.54) is 5.56 Å². The quantitative estimate of drug-likeness (QED) is 0.420. The second kappa shape index (κ2) is 10.4. The number of nitrogens with one attached hydrogen (secondary N) is 1. The van der Waals surface area contributed by atoms with E-state index >= 15 is 0 Å². The molecule has 0 aliphatic carbocycles. The normalized spacial score (nSPS) is 11.9. The van der Waals surface area contributed by atoms with Crippen LogP contribution in [0.5, 0.6) is 0 Å². The van der Waals surface area contributed by atoms with Crippen molar-refractivity contribution < 1.29 is 4.52 Å². The van der Waals surface area contributed by atoms with Crippen LogP contribution in [0.15, 0.2) is 40.0 Å². The fourth-order valence-corrected chi connectivity index (χ4v) is 3.42. The number of guanidine groups is 1. The molecule has 3 aromatic rings. The predicted octanol–water partition coefficient (Wildman–Crippen LogP) is 3.89. The van der Waals surface area contributed by atoms with E-state index in [2.05, 4.69) is 52.4 Å². The summed E-state index contributed by atoms with van der Waals surface area (Å²) in [6, 6.07) is 7.36. The Morgan fingerprint density at radius 1 is 1.29 bits per heavy atom. The maximum absolute atomic E-state index is 5.94. The van der Waals surface area contributed by atoms with Gasteiger partial charge < -0.3 is 14.7 Å². The van der Waals surface area contributed by atoms with Gasteiger partial charge in [0, 0.05) is 56.0 Å². The van der Waals surface area contributed by atoms with Gasteiger partial charge in [0.15, 0.2) is 5.96 Å². The summed E-state index contributed by atoms with van der Waals surface area (Å²) in [5.74, 6) is 2.31. The highest BCUT2D eigenvalue weighted by Crippen LogP contribution is 2.20. The maximum Gasteiger partial charge on any atom is 0.228 e. The third-order valence-corrected chi connectivity index (χ3v) is 5.00. The standard InChI is InChI=1S/C22H30ClN7O/c1-6-24-22(29(4)13-17-14-30(5)27-20(17)15(2)3)25-12-11-19-26-21(28-31-19)16-7-9-18(23)10-8-16/h7-10,14-15H,6,11-13H2,1-5H3,(H,24,25). The van der Waals surface area contributed by atoms with Crippen LogP contribution in [-0.4, -0.2) is 50.9 Å². The van der Waals surface area contributed by atoms with Crippen molar-refractivity contribution >= 4 is 17.6 Å². The van der Waals surface area contributed by atoms with Crippen molar-refractivity contribution in [2.45, 2.75) is 39.7 Å². The number of aryl methyl sites for hydroxylation is 1. The van der Waals surface area contributed by atoms with Crippen molar-refractivity contribution in [2.24, 2.45) is 12.0 Å². The number of aromatic nitrogens is 4. The zero-order chi connectivity index (χ0) is 22.4. The molecule has 1 aromatic carbocycles. The average Bonchev–Trinajstić information content (AvgIpc) is 3.34. The first-order valence-electron chi connectivity index (χ1n) is 10.5. The van der Waals surface area contributed by atoms with Crippen LogP contribution in [0.4, 0.5) is 0 Å². The van der Waals surface area contributed by atoms with Gasteiger partial charge in [-0.15, -0.1) is 0 Å². The van der Waals surface area contributed by atoms with Gasteiger partial charge in [-0.1, -0.05) is 30.6 Å². The molecular weight excluding hydrogens is 414 g/mol. The van der Waals surface area contributed by atoms with Crippen molar-refractivity contribution in [3.8, 4) is 11.4 Å². The van der Waals surface area contributed by atoms with Crippen LogP contribution in [0, 0.1) is 0 Å². The highest BCUT2D eigenvalue weighted by molar-refractivity contribution is 6.30. The van der Waals surface area contributed by atoms with Crippen molar-refractivity contribution in [3.05, 3.63) is 52.6 Å². The molecule has 2 aromatic heterocycles. The fourth-order valence-electron chi connectivity index (χ4n) is 3.29. The lowest BCUT2D eigenvalue weighted by molar-refractivity contribution is 0.380. The molecule has 8 nitrogen and oxygen atoms in total. The Bertz CT molecular complexity index is 1010. The van der Waals surface area contributed by atoms with Gasteiger partial charge in [0.05, 0.1) is 12.2 Å². The molecule has 2 heterocycles. The Labute approximate surface area is 188 Å². The third-order valence-electron chi connectivity index (χ3n) is 4.75. The van der Waals surface area contributed by atoms with Crippen LogP contribution < -0.4 is 5.32 Å². The van der Waals surface area contributed by atoms with Crippen molar-refractivity contribution in [2.75, 3.05) is 20.1 Å². The molecule has 0 saturated heterocycles. The van der Waals surface area contributed by atoms with E-state index in [-0.39, 0.29) is 0 Å². The number of hydrogen-bond donors (Lipinski definition) is 1. The second-order valence-electron chi connectivity index (χ2n) is 7.73. The SMILES string of the molecule is CCNC(=NCCc1nc(-c2ccc(Cl)cc2)no1)N(C)Cc1cn(C)nc1C(C)C. The zero-order valence-corrected chi connectivity index (χ0v) is 19.5. The monoisotopic (exact) mass is 443 g/mol. The molecule has 0 aliphatic rings. The molecule has 0 spiro atoms. The van der Waals surface area contributed by atoms with E-state index in [4.69, 9.17) is 21.1 Å². The third kappa shape index (κ3) is 6.07. The number of rotatable bonds is 8. The molecule has 1 N–H and O–H groups in total. The minimum absolute atomic E-state index is 0.372. The zero-order valence-electron chi connectivity index (χ0n) is 18.8. The van der Waals surface area contributed by atoms with Crippen LogP contribution in [-0.2, 0) is 20.0 Å². The summed E-state index contributed by atoms with van der Waals surface area (Å²) in [5.41, 5.74) is 3.19. The number of hydrogen-bond acceptors (Lipinski definition) is 5. The van der Waals surface area contributed by atoms with E-state index in [1.54, 1.807) is 0 Å². The molecule has 9 heteroatoms. The van der Waals surface area contributed by atoms with E-state index in [0.29, 0.717) is 35.6 Å². The Kier molecular flexibility index (Phi) is 7.68. The Balaban J connectivity index is 1.64. The summed E-state index contributed by atoms with van der Waals surface area (Å²) in [6.45, 7) is 8.44. The first-order chi connectivity index (χ1) is 14.9. The molecule has 0 bridgehead atoms. The fraction of sp³-hybridized carbons (Fsp3) is 0.455. The average molecular weight is 444 g/mol. The van der Waals surface area contributed by atoms with Gasteiger partial charge in [0.25, 0.3) is 0 Å². The van der Waals surface area contributed by atoms with Crippen molar-refractivity contribution in [1.29, 1.82) is 0 Å². The van der Waals surface area contributed by atoms with Crippen LogP contribution in [0.1, 0.15) is 43.8 Å². The number of aliphatic imine (C=N–C) groups is 1. The molecule has 3 rings (SSSR count). The minimum atomic E-state index is 0.372. The van der Waals surface area contributed by atoms with Crippen molar-refractivity contribution in [3.63, 3.8) is 0 Å². The minimum Gasteiger partial charge on any atom is -0.357 e. The smallest absolute Gasteiger partial charge is 0.228 e. The lowest BCUT2D eigenvalue weighted by atomic mass is 10.1. The van der Waals surface area contributed by atoms with Crippen LogP contribution in [0.2, 0.25) is 5.02 Å². The lowest BCUT2D eigenvalue weighted by Gasteiger charge is -2.22. The van der Waals surface area contributed by atoms with Gasteiger partial charge in [-0.05, 0) is 37.1 Å². The van der Waals surface area contributed by atoms with E-state index in [0.717, 1.165) is 30.3 Å². The molecular formula is C22H30ClN7O. The molecule has 0 amide bonds. The number of nitrogens with zero attached hydrogens (tertiary/aromatic N) is 6. The number of halogens is 1. The Morgan fingerprint density at radius 2 is 2.03 bits per heavy atom. The Morgan fingerprint density at radius 3 is 2.71 bits per heavy atom. The van der Waals surface area contributed by atoms with Crippen LogP contribution in [0.25, 0.3) is 11.4 Å². The molecule has 0 radical (unpaired) electrons. The van der Waals surface area contributed by atoms with Crippen LogP contribution in [0.3, 0.4) is 0 Å². The van der Waals surface area contributed by atoms with Gasteiger partial charge in [-0.3, -0.25) is 9.67 Å². The first kappa shape index (κ1) is 22.8. The summed E-state index contributed by atoms with van der Waals surface area (Å²) < 4.78 is 7.26. The number of benzene rings is 1. The molecule has 0 fully saturated rings. The van der Waals surface area contributed by atoms with E-state index in [9.17, 15) is 0 Å². The van der Waals surface area contributed by atoms with E-state index in [1.807, 2.05) is 43.0 Å². The molecule has 31 heavy (non-hydrogen) atoms. The van der Waals surface area contributed by atoms with Gasteiger partial charge >= 0.3 is 0 Å². The molecule has 0 atom stereocenters. The van der Waals surface area contributed by atoms with Gasteiger partial charge in [-0.25, -0.2) is 0 Å². The second-order valence-corrected chi connectivity index (χ2v) is 8.16. The predicted molar refractivity (Wildman–Crippen MR) is 123 cm³/mol. The summed E-state index contributed by atoms with van der Waals surface area (Å²) in [5, 5.41) is 12.7. The van der Waals surface area contributed by atoms with Gasteiger partial charge in [0.1, 0.15) is 0 Å². The molecule has 0 unspecified atom stereocenters. The van der Waals surface area contributed by atoms with Crippen LogP contribution >= 0.6 is 11.6 Å². The molecule has 0 aliphatic heterocycles. The van der Waals surface area contributed by atoms with E-state index < -0.39 is 0 Å². The molecule has 166 valence electrons. The maximum atomic E-state index is 5.94. The summed E-state index contributed by atoms with van der Waals surface area (Å²) >= 11 is 5.94. The largest absolute Gasteiger partial charge is 0.357 e. The van der Waals surface area contributed by atoms with Gasteiger partial charge in [0.2, 0.25) is 11.7 Å². The first-order valence-corrected chi connectivity index (χ1v) is 10.9. The summed E-state index contributed by atoms with van der Waals surface area (Å²) in [6.07, 6.45) is 2.64. The molecule has 0 saturated carbocycles. The topological polar surface area (TPSA) is 84.4 Å². The highest BCUT2D eigenvalue weighted by Gasteiger charge is 2.15. The van der Waals surface area contributed by atoms with Crippen molar-refractivity contribution in [1.82, 2.24) is 30.1 Å². The lowest BCUT2D eigenvalue weighted by Crippen LogP contribution is -2.38. The van der Waals surface area contributed by atoms with Gasteiger partial charge in [-0.2, -0.15) is 10.1 Å². The summed E-state index contributed by atoms with van der Waals surface area (Å²) in [4.78, 5) is 11.3. The highest BCUT2D eigenvalue weighted by atomic mass is 35.5.